The van der Waals surface area contributed by atoms with Crippen molar-refractivity contribution in [2.75, 3.05) is 20.1 Å². The van der Waals surface area contributed by atoms with E-state index in [0.717, 1.165) is 49.0 Å². The van der Waals surface area contributed by atoms with Gasteiger partial charge in [0.2, 0.25) is 5.91 Å². The van der Waals surface area contributed by atoms with Crippen molar-refractivity contribution in [3.05, 3.63) is 60.1 Å². The molecule has 1 saturated heterocycles. The van der Waals surface area contributed by atoms with Crippen LogP contribution in [0.2, 0.25) is 0 Å². The minimum atomic E-state index is -0.421. The Hall–Kier alpha value is -3.52. The number of ether oxygens (including phenoxy) is 2. The van der Waals surface area contributed by atoms with Crippen molar-refractivity contribution in [3.8, 4) is 17.2 Å². The fourth-order valence-corrected chi connectivity index (χ4v) is 7.50. The van der Waals surface area contributed by atoms with Gasteiger partial charge in [0.1, 0.15) is 11.9 Å². The molecule has 0 unspecified atom stereocenters. The summed E-state index contributed by atoms with van der Waals surface area (Å²) in [7, 11) is 1.83. The first-order valence-electron chi connectivity index (χ1n) is 12.9. The van der Waals surface area contributed by atoms with Crippen molar-refractivity contribution in [2.24, 2.45) is 5.92 Å². The van der Waals surface area contributed by atoms with E-state index in [1.165, 1.54) is 13.0 Å². The molecule has 5 atom stereocenters. The number of carbonyl (C=O) groups is 2. The molecule has 2 aliphatic carbocycles. The molecule has 1 saturated carbocycles. The molecule has 6 rings (SSSR count). The quantitative estimate of drug-likeness (QED) is 0.278. The molecule has 0 radical (unpaired) electrons. The van der Waals surface area contributed by atoms with Gasteiger partial charge in [-0.2, -0.15) is 0 Å². The number of phenols is 1. The Labute approximate surface area is 216 Å². The normalized spacial score (nSPS) is 29.5. The fourth-order valence-electron chi connectivity index (χ4n) is 7.50. The van der Waals surface area contributed by atoms with E-state index in [2.05, 4.69) is 11.5 Å². The third-order valence-corrected chi connectivity index (χ3v) is 8.91. The third kappa shape index (κ3) is 3.53. The third-order valence-electron chi connectivity index (χ3n) is 8.91. The summed E-state index contributed by atoms with van der Waals surface area (Å²) in [6, 6.07) is 3.38. The summed E-state index contributed by atoms with van der Waals surface area (Å²) in [5.41, 5.74) is 2.37. The fraction of sp³-hybridized carbons (Fsp3) is 0.448. The Morgan fingerprint density at radius 3 is 2.95 bits per heavy atom. The maximum absolute atomic E-state index is 13.2. The summed E-state index contributed by atoms with van der Waals surface area (Å²) in [5, 5.41) is 11.0. The van der Waals surface area contributed by atoms with Crippen LogP contribution in [0, 0.1) is 5.92 Å². The first-order chi connectivity index (χ1) is 17.8. The van der Waals surface area contributed by atoms with E-state index in [1.54, 1.807) is 35.6 Å². The number of hydrogen-bond acceptors (Lipinski definition) is 7. The van der Waals surface area contributed by atoms with Gasteiger partial charge in [0, 0.05) is 60.8 Å². The number of likely N-dealkylation sites (tertiary alicyclic amines) is 1. The highest BCUT2D eigenvalue weighted by atomic mass is 16.5. The molecule has 37 heavy (non-hydrogen) atoms. The van der Waals surface area contributed by atoms with E-state index < -0.39 is 5.97 Å². The Balaban J connectivity index is 1.42. The molecule has 1 spiro atoms. The van der Waals surface area contributed by atoms with Crippen LogP contribution in [0.1, 0.15) is 42.9 Å². The first kappa shape index (κ1) is 23.9. The number of aromatic hydroxyl groups is 1. The van der Waals surface area contributed by atoms with Crippen molar-refractivity contribution >= 4 is 18.0 Å². The molecule has 194 valence electrons. The lowest BCUT2D eigenvalue weighted by Gasteiger charge is -2.60. The monoisotopic (exact) mass is 504 g/mol. The van der Waals surface area contributed by atoms with Gasteiger partial charge >= 0.3 is 5.97 Å². The number of phenolic OH excluding ortho intramolecular Hbond substituents is 1. The number of piperidine rings is 1. The van der Waals surface area contributed by atoms with Gasteiger partial charge < -0.3 is 23.9 Å². The lowest BCUT2D eigenvalue weighted by Crippen LogP contribution is -2.68. The predicted molar refractivity (Wildman–Crippen MR) is 136 cm³/mol. The van der Waals surface area contributed by atoms with Crippen LogP contribution in [0.4, 0.5) is 0 Å². The molecule has 2 aliphatic heterocycles. The summed E-state index contributed by atoms with van der Waals surface area (Å²) in [6.45, 7) is 7.00. The summed E-state index contributed by atoms with van der Waals surface area (Å²) in [4.78, 5) is 29.4. The molecule has 8 nitrogen and oxygen atoms in total. The average molecular weight is 505 g/mol. The number of esters is 1. The van der Waals surface area contributed by atoms with Gasteiger partial charge in [-0.25, -0.2) is 0 Å². The van der Waals surface area contributed by atoms with Gasteiger partial charge in [-0.3, -0.25) is 14.5 Å². The lowest BCUT2D eigenvalue weighted by molar-refractivity contribution is -0.135. The van der Waals surface area contributed by atoms with Crippen LogP contribution >= 0.6 is 0 Å². The van der Waals surface area contributed by atoms with Crippen molar-refractivity contribution in [2.45, 2.75) is 56.2 Å². The molecule has 1 aromatic carbocycles. The highest BCUT2D eigenvalue weighted by molar-refractivity contribution is 5.92. The number of rotatable bonds is 6. The molecule has 1 amide bonds. The van der Waals surface area contributed by atoms with E-state index in [9.17, 15) is 14.7 Å². The molecule has 3 heterocycles. The first-order valence-corrected chi connectivity index (χ1v) is 12.9. The molecule has 1 aromatic heterocycles. The summed E-state index contributed by atoms with van der Waals surface area (Å²) < 4.78 is 17.3. The molecule has 8 heteroatoms. The molecule has 1 N–H and O–H groups in total. The second-order valence-electron chi connectivity index (χ2n) is 10.6. The molecular formula is C29H32N2O6. The van der Waals surface area contributed by atoms with Crippen LogP contribution in [0.5, 0.6) is 17.2 Å². The zero-order valence-electron chi connectivity index (χ0n) is 21.2. The van der Waals surface area contributed by atoms with Crippen LogP contribution in [-0.4, -0.2) is 65.1 Å². The second-order valence-corrected chi connectivity index (χ2v) is 10.6. The number of amides is 1. The largest absolute Gasteiger partial charge is 0.504 e. The highest BCUT2D eigenvalue weighted by Gasteiger charge is 2.66. The van der Waals surface area contributed by atoms with Crippen molar-refractivity contribution in [1.29, 1.82) is 0 Å². The number of hydrogen-bond donors (Lipinski definition) is 1. The SMILES string of the molecule is C=CCN1CC[C@]23c4c5c(OC(C)=O)cc(O)c4O[C@H]2[C@@H](N(C)C(=O)/C=C/c2ccoc2)CC[C@H]3[C@H]1C5. The van der Waals surface area contributed by atoms with Gasteiger partial charge in [-0.05, 0) is 50.3 Å². The van der Waals surface area contributed by atoms with E-state index in [-0.39, 0.29) is 35.3 Å². The van der Waals surface area contributed by atoms with Crippen LogP contribution in [0.15, 0.2) is 47.8 Å². The van der Waals surface area contributed by atoms with Crippen molar-refractivity contribution in [1.82, 2.24) is 9.80 Å². The smallest absolute Gasteiger partial charge is 0.308 e. The number of benzene rings is 1. The zero-order chi connectivity index (χ0) is 25.9. The van der Waals surface area contributed by atoms with Crippen LogP contribution in [0.25, 0.3) is 6.08 Å². The van der Waals surface area contributed by atoms with Crippen LogP contribution in [-0.2, 0) is 21.4 Å². The van der Waals surface area contributed by atoms with E-state index >= 15 is 0 Å². The maximum Gasteiger partial charge on any atom is 0.308 e. The van der Waals surface area contributed by atoms with Crippen LogP contribution < -0.4 is 9.47 Å². The Morgan fingerprint density at radius 2 is 2.22 bits per heavy atom. The maximum atomic E-state index is 13.2. The molecular weight excluding hydrogens is 472 g/mol. The van der Waals surface area contributed by atoms with Gasteiger partial charge in [-0.15, -0.1) is 6.58 Å². The van der Waals surface area contributed by atoms with Crippen molar-refractivity contribution < 1.29 is 28.6 Å². The van der Waals surface area contributed by atoms with E-state index in [1.807, 2.05) is 13.1 Å². The zero-order valence-corrected chi connectivity index (χ0v) is 21.2. The Morgan fingerprint density at radius 1 is 1.38 bits per heavy atom. The highest BCUT2D eigenvalue weighted by Crippen LogP contribution is 2.65. The summed E-state index contributed by atoms with van der Waals surface area (Å²) in [5.74, 6) is 0.645. The number of carbonyl (C=O) groups excluding carboxylic acids is 2. The van der Waals surface area contributed by atoms with Gasteiger partial charge in [-0.1, -0.05) is 6.08 Å². The minimum absolute atomic E-state index is 0.0166. The minimum Gasteiger partial charge on any atom is -0.504 e. The number of likely N-dealkylation sites (N-methyl/N-ethyl adjacent to an activating group) is 1. The van der Waals surface area contributed by atoms with Gasteiger partial charge in [0.15, 0.2) is 11.5 Å². The van der Waals surface area contributed by atoms with E-state index in [4.69, 9.17) is 13.9 Å². The topological polar surface area (TPSA) is 92.5 Å². The summed E-state index contributed by atoms with van der Waals surface area (Å²) in [6.07, 6.45) is 11.4. The summed E-state index contributed by atoms with van der Waals surface area (Å²) >= 11 is 0. The average Bonchev–Trinajstić information content (AvgIpc) is 3.51. The van der Waals surface area contributed by atoms with Gasteiger partial charge in [0.25, 0.3) is 0 Å². The Bertz CT molecular complexity index is 1280. The second kappa shape index (κ2) is 8.80. The molecule has 2 bridgehead atoms. The lowest BCUT2D eigenvalue weighted by atomic mass is 9.51. The predicted octanol–water partition coefficient (Wildman–Crippen LogP) is 3.68. The molecule has 2 aromatic rings. The standard InChI is InChI=1S/C29H32N2O6/c1-4-11-31-12-10-29-20-6-7-21(30(3)25(34)8-5-18-9-13-35-16-18)28(29)37-27-23(33)15-24(36-17(2)32)19(26(27)29)14-22(20)31/h4-5,8-9,13,15-16,20-22,28,33H,1,6-7,10-12,14H2,2-3H3/b8-5+/t20-,21-,22+,28-,29-/m0/s1. The molecule has 4 aliphatic rings. The van der Waals surface area contributed by atoms with Gasteiger partial charge in [0.05, 0.1) is 18.6 Å². The van der Waals surface area contributed by atoms with Crippen LogP contribution in [0.3, 0.4) is 0 Å². The van der Waals surface area contributed by atoms with Crippen molar-refractivity contribution in [3.63, 3.8) is 0 Å². The number of furan rings is 1. The number of nitrogens with zero attached hydrogens (tertiary/aromatic N) is 2. The van der Waals surface area contributed by atoms with E-state index in [0.29, 0.717) is 23.8 Å². The Kier molecular flexibility index (Phi) is 5.67. The molecule has 2 fully saturated rings.